The van der Waals surface area contributed by atoms with Crippen molar-refractivity contribution in [1.29, 1.82) is 0 Å². The fourth-order valence-electron chi connectivity index (χ4n) is 2.34. The van der Waals surface area contributed by atoms with E-state index < -0.39 is 0 Å². The molecule has 0 aliphatic carbocycles. The summed E-state index contributed by atoms with van der Waals surface area (Å²) in [6.07, 6.45) is 3.96. The topological polar surface area (TPSA) is 71.6 Å². The summed E-state index contributed by atoms with van der Waals surface area (Å²) in [6.45, 7) is 2.94. The van der Waals surface area contributed by atoms with Gasteiger partial charge in [0, 0.05) is 22.2 Å². The highest BCUT2D eigenvalue weighted by Crippen LogP contribution is 2.22. The molecule has 1 heterocycles. The van der Waals surface area contributed by atoms with Gasteiger partial charge in [0.1, 0.15) is 5.69 Å². The van der Waals surface area contributed by atoms with Crippen LogP contribution >= 0.6 is 0 Å². The molecule has 3 rings (SSSR count). The third kappa shape index (κ3) is 3.60. The van der Waals surface area contributed by atoms with Gasteiger partial charge in [-0.2, -0.15) is 0 Å². The van der Waals surface area contributed by atoms with Crippen LogP contribution in [-0.4, -0.2) is 4.57 Å². The van der Waals surface area contributed by atoms with Gasteiger partial charge in [-0.15, -0.1) is 0 Å². The predicted molar refractivity (Wildman–Crippen MR) is 96.0 cm³/mol. The Morgan fingerprint density at radius 2 is 1.62 bits per heavy atom. The molecule has 0 amide bonds. The lowest BCUT2D eigenvalue weighted by Gasteiger charge is -2.06. The van der Waals surface area contributed by atoms with Crippen LogP contribution < -0.4 is 15.6 Å². The van der Waals surface area contributed by atoms with Crippen molar-refractivity contribution in [3.05, 3.63) is 60.9 Å². The zero-order valence-corrected chi connectivity index (χ0v) is 13.8. The number of anilines is 3. The van der Waals surface area contributed by atoms with Gasteiger partial charge in [-0.25, -0.2) is 9.13 Å². The zero-order chi connectivity index (χ0) is 16.9. The molecule has 0 saturated heterocycles. The lowest BCUT2D eigenvalue weighted by molar-refractivity contribution is -0.657. The molecule has 0 aliphatic heterocycles. The lowest BCUT2D eigenvalue weighted by atomic mass is 10.2. The number of nitrogens with two attached hydrogens (primary N) is 1. The maximum Gasteiger partial charge on any atom is 0.421 e. The van der Waals surface area contributed by atoms with Gasteiger partial charge in [0.25, 0.3) is 0 Å². The minimum atomic E-state index is 0.751. The van der Waals surface area contributed by atoms with Gasteiger partial charge in [0.15, 0.2) is 0 Å². The molecule has 0 atom stereocenters. The number of imidazole rings is 1. The van der Waals surface area contributed by atoms with Crippen LogP contribution in [0.3, 0.4) is 0 Å². The third-order valence-corrected chi connectivity index (χ3v) is 3.70. The number of nitrogen functional groups attached to an aromatic ring is 1. The molecule has 0 unspecified atom stereocenters. The molecule has 3 aromatic rings. The van der Waals surface area contributed by atoms with Crippen molar-refractivity contribution in [2.45, 2.75) is 13.5 Å². The Morgan fingerprint density at radius 3 is 2.25 bits per heavy atom. The minimum absolute atomic E-state index is 0.751. The second-order valence-electron chi connectivity index (χ2n) is 5.49. The van der Waals surface area contributed by atoms with Crippen LogP contribution in [0, 0.1) is 0 Å². The highest BCUT2D eigenvalue weighted by atomic mass is 15.3. The molecule has 0 spiro atoms. The first kappa shape index (κ1) is 15.7. The number of aromatic nitrogens is 2. The average molecular weight is 321 g/mol. The van der Waals surface area contributed by atoms with E-state index in [1.165, 1.54) is 0 Å². The Kier molecular flexibility index (Phi) is 4.56. The molecule has 0 radical (unpaired) electrons. The smallest absolute Gasteiger partial charge is 0.399 e. The van der Waals surface area contributed by atoms with Crippen molar-refractivity contribution in [2.75, 3.05) is 11.1 Å². The van der Waals surface area contributed by atoms with Crippen LogP contribution in [0.4, 0.5) is 28.7 Å². The zero-order valence-electron chi connectivity index (χ0n) is 13.8. The minimum Gasteiger partial charge on any atom is -0.399 e. The van der Waals surface area contributed by atoms with Gasteiger partial charge >= 0.3 is 5.95 Å². The van der Waals surface area contributed by atoms with Crippen LogP contribution in [-0.2, 0) is 13.6 Å². The molecule has 0 fully saturated rings. The number of hydrogen-bond acceptors (Lipinski definition) is 4. The summed E-state index contributed by atoms with van der Waals surface area (Å²) in [4.78, 5) is 0. The fraction of sp³-hybridized carbons (Fsp3) is 0.167. The van der Waals surface area contributed by atoms with E-state index in [0.29, 0.717) is 0 Å². The van der Waals surface area contributed by atoms with E-state index in [-0.39, 0.29) is 0 Å². The number of nitrogens with zero attached hydrogens (tertiary/aromatic N) is 4. The van der Waals surface area contributed by atoms with Crippen LogP contribution in [0.25, 0.3) is 0 Å². The van der Waals surface area contributed by atoms with E-state index in [0.717, 1.165) is 35.2 Å². The van der Waals surface area contributed by atoms with Crippen LogP contribution in [0.5, 0.6) is 0 Å². The maximum atomic E-state index is 5.69. The maximum absolute atomic E-state index is 5.69. The van der Waals surface area contributed by atoms with Gasteiger partial charge in [0.2, 0.25) is 0 Å². The Morgan fingerprint density at radius 1 is 1.00 bits per heavy atom. The molecular formula is C18H21N6+. The first-order chi connectivity index (χ1) is 11.7. The molecule has 6 nitrogen and oxygen atoms in total. The molecule has 24 heavy (non-hydrogen) atoms. The van der Waals surface area contributed by atoms with Gasteiger partial charge in [-0.3, -0.25) is 0 Å². The lowest BCUT2D eigenvalue weighted by Crippen LogP contribution is -2.25. The quantitative estimate of drug-likeness (QED) is 0.422. The summed E-state index contributed by atoms with van der Waals surface area (Å²) in [5.74, 6) is 0.821. The standard InChI is InChI=1S/C18H20N6/c1-3-24-13-12-23(2)18(24)22-21-17-10-8-16(9-11-17)20-15-6-4-14(19)5-7-15/h4-13H,3H2,1-2H3,(H2,19,21)/p+1. The Hall–Kier alpha value is -3.15. The highest BCUT2D eigenvalue weighted by Gasteiger charge is 2.12. The molecule has 3 N–H and O–H groups in total. The number of rotatable bonds is 5. The van der Waals surface area contributed by atoms with E-state index in [4.69, 9.17) is 5.73 Å². The van der Waals surface area contributed by atoms with E-state index in [1.54, 1.807) is 0 Å². The predicted octanol–water partition coefficient (Wildman–Crippen LogP) is 4.07. The van der Waals surface area contributed by atoms with Gasteiger partial charge in [-0.1, -0.05) is 5.11 Å². The summed E-state index contributed by atoms with van der Waals surface area (Å²) < 4.78 is 3.99. The van der Waals surface area contributed by atoms with E-state index >= 15 is 0 Å². The molecule has 122 valence electrons. The van der Waals surface area contributed by atoms with Gasteiger partial charge in [0.05, 0.1) is 26.0 Å². The Bertz CT molecular complexity index is 831. The first-order valence-electron chi connectivity index (χ1n) is 7.85. The molecule has 0 aliphatic rings. The van der Waals surface area contributed by atoms with Crippen LogP contribution in [0.2, 0.25) is 0 Å². The number of benzene rings is 2. The molecule has 0 bridgehead atoms. The van der Waals surface area contributed by atoms with Crippen molar-refractivity contribution in [1.82, 2.24) is 4.57 Å². The second-order valence-corrected chi connectivity index (χ2v) is 5.49. The summed E-state index contributed by atoms with van der Waals surface area (Å²) in [6, 6.07) is 15.4. The fourth-order valence-corrected chi connectivity index (χ4v) is 2.34. The first-order valence-corrected chi connectivity index (χ1v) is 7.85. The Labute approximate surface area is 141 Å². The van der Waals surface area contributed by atoms with Gasteiger partial charge in [-0.05, 0) is 55.5 Å². The van der Waals surface area contributed by atoms with E-state index in [9.17, 15) is 0 Å². The molecule has 1 aromatic heterocycles. The van der Waals surface area contributed by atoms with Crippen LogP contribution in [0.15, 0.2) is 71.2 Å². The van der Waals surface area contributed by atoms with Crippen molar-refractivity contribution in [3.8, 4) is 0 Å². The number of aryl methyl sites for hydroxylation is 2. The van der Waals surface area contributed by atoms with Crippen LogP contribution in [0.1, 0.15) is 6.92 Å². The summed E-state index contributed by atoms with van der Waals surface area (Å²) in [5.41, 5.74) is 9.23. The SMILES string of the molecule is CCn1cc[n+](C)c1N=Nc1ccc(Nc2ccc(N)cc2)cc1. The van der Waals surface area contributed by atoms with E-state index in [2.05, 4.69) is 22.5 Å². The normalized spacial score (nSPS) is 11.1. The van der Waals surface area contributed by atoms with E-state index in [1.807, 2.05) is 77.1 Å². The highest BCUT2D eigenvalue weighted by molar-refractivity contribution is 5.63. The molecular weight excluding hydrogens is 300 g/mol. The largest absolute Gasteiger partial charge is 0.421 e. The summed E-state index contributed by atoms with van der Waals surface area (Å²) in [7, 11) is 1.96. The summed E-state index contributed by atoms with van der Waals surface area (Å²) >= 11 is 0. The monoisotopic (exact) mass is 321 g/mol. The molecule has 2 aromatic carbocycles. The molecule has 0 saturated carbocycles. The van der Waals surface area contributed by atoms with Crippen molar-refractivity contribution in [2.24, 2.45) is 17.3 Å². The van der Waals surface area contributed by atoms with Crippen molar-refractivity contribution >= 4 is 28.7 Å². The van der Waals surface area contributed by atoms with Crippen molar-refractivity contribution < 1.29 is 4.57 Å². The second kappa shape index (κ2) is 6.95. The third-order valence-electron chi connectivity index (χ3n) is 3.70. The number of azo groups is 1. The summed E-state index contributed by atoms with van der Waals surface area (Å²) in [5, 5.41) is 12.0. The number of nitrogens with one attached hydrogen (secondary N) is 1. The molecule has 6 heteroatoms. The van der Waals surface area contributed by atoms with Crippen molar-refractivity contribution in [3.63, 3.8) is 0 Å². The average Bonchev–Trinajstić information content (AvgIpc) is 2.96. The number of hydrogen-bond donors (Lipinski definition) is 2. The Balaban J connectivity index is 1.71. The van der Waals surface area contributed by atoms with Gasteiger partial charge < -0.3 is 11.1 Å².